The van der Waals surface area contributed by atoms with Gasteiger partial charge < -0.3 is 5.73 Å². The number of halogens is 1. The topological polar surface area (TPSA) is 47.1 Å². The smallest absolute Gasteiger partial charge is 0.136 e. The number of rotatable bonds is 3. The van der Waals surface area contributed by atoms with Crippen molar-refractivity contribution in [1.82, 2.24) is 14.7 Å². The summed E-state index contributed by atoms with van der Waals surface area (Å²) in [4.78, 5) is 2.49. The van der Waals surface area contributed by atoms with Crippen LogP contribution in [-0.2, 0) is 6.54 Å². The minimum absolute atomic E-state index is 0.368. The van der Waals surface area contributed by atoms with E-state index < -0.39 is 0 Å². The van der Waals surface area contributed by atoms with Gasteiger partial charge in [0.05, 0.1) is 16.2 Å². The van der Waals surface area contributed by atoms with Gasteiger partial charge in [-0.25, -0.2) is 4.68 Å². The Hall–Kier alpha value is -1.33. The summed E-state index contributed by atoms with van der Waals surface area (Å²) in [6.45, 7) is 5.14. The van der Waals surface area contributed by atoms with Crippen molar-refractivity contribution in [3.63, 3.8) is 0 Å². The summed E-state index contributed by atoms with van der Waals surface area (Å²) in [5, 5.41) is 4.59. The fourth-order valence-corrected chi connectivity index (χ4v) is 3.30. The Kier molecular flexibility index (Phi) is 4.31. The van der Waals surface area contributed by atoms with Crippen molar-refractivity contribution in [3.05, 3.63) is 46.1 Å². The van der Waals surface area contributed by atoms with Crippen molar-refractivity contribution in [2.75, 3.05) is 18.8 Å². The molecule has 1 fully saturated rings. The third-order valence-electron chi connectivity index (χ3n) is 4.12. The molecule has 0 amide bonds. The van der Waals surface area contributed by atoms with Crippen molar-refractivity contribution >= 4 is 21.7 Å². The third-order valence-corrected chi connectivity index (χ3v) is 5.10. The summed E-state index contributed by atoms with van der Waals surface area (Å²) >= 11 is 3.51. The highest BCUT2D eigenvalue weighted by Crippen LogP contribution is 2.30. The van der Waals surface area contributed by atoms with Crippen molar-refractivity contribution in [1.29, 1.82) is 0 Å². The zero-order valence-corrected chi connectivity index (χ0v) is 13.9. The molecule has 0 spiro atoms. The van der Waals surface area contributed by atoms with Gasteiger partial charge in [-0.05, 0) is 47.8 Å². The van der Waals surface area contributed by atoms with Gasteiger partial charge in [-0.2, -0.15) is 5.10 Å². The number of hydrogen-bond acceptors (Lipinski definition) is 3. The molecule has 0 saturated carbocycles. The number of anilines is 1. The van der Waals surface area contributed by atoms with Gasteiger partial charge in [0.25, 0.3) is 0 Å². The Morgan fingerprint density at radius 2 is 2.10 bits per heavy atom. The summed E-state index contributed by atoms with van der Waals surface area (Å²) in [6.07, 6.45) is 2.33. The van der Waals surface area contributed by atoms with Crippen LogP contribution in [-0.4, -0.2) is 27.8 Å². The Morgan fingerprint density at radius 1 is 1.33 bits per heavy atom. The summed E-state index contributed by atoms with van der Waals surface area (Å²) in [7, 11) is 0. The van der Waals surface area contributed by atoms with E-state index in [1.54, 1.807) is 0 Å². The summed E-state index contributed by atoms with van der Waals surface area (Å²) < 4.78 is 2.93. The first kappa shape index (κ1) is 14.6. The summed E-state index contributed by atoms with van der Waals surface area (Å²) in [6, 6.07) is 11.0. The normalized spacial score (nSPS) is 19.8. The molecule has 1 unspecified atom stereocenters. The van der Waals surface area contributed by atoms with E-state index in [2.05, 4.69) is 56.3 Å². The number of nitrogens with two attached hydrogens (primary N) is 1. The highest BCUT2D eigenvalue weighted by Gasteiger charge is 2.24. The zero-order chi connectivity index (χ0) is 14.8. The van der Waals surface area contributed by atoms with Crippen LogP contribution in [0, 0.1) is 6.92 Å². The van der Waals surface area contributed by atoms with E-state index in [0.29, 0.717) is 6.04 Å². The van der Waals surface area contributed by atoms with Crippen LogP contribution in [0.5, 0.6) is 0 Å². The maximum atomic E-state index is 6.17. The number of aromatic nitrogens is 2. The number of aryl methyl sites for hydroxylation is 1. The SMILES string of the molecule is Cc1nn(C2CCCN(Cc3ccccc3)C2)c(N)c1Br. The third kappa shape index (κ3) is 3.14. The average molecular weight is 349 g/mol. The second-order valence-electron chi connectivity index (χ2n) is 5.75. The fraction of sp³-hybridized carbons (Fsp3) is 0.438. The van der Waals surface area contributed by atoms with E-state index in [1.807, 2.05) is 11.6 Å². The molecule has 1 atom stereocenters. The molecule has 4 nitrogen and oxygen atoms in total. The number of nitrogen functional groups attached to an aromatic ring is 1. The van der Waals surface area contributed by atoms with Gasteiger partial charge in [-0.3, -0.25) is 4.90 Å². The molecule has 2 N–H and O–H groups in total. The zero-order valence-electron chi connectivity index (χ0n) is 12.3. The molecule has 1 saturated heterocycles. The number of nitrogens with zero attached hydrogens (tertiary/aromatic N) is 3. The van der Waals surface area contributed by atoms with Gasteiger partial charge in [0, 0.05) is 13.1 Å². The number of hydrogen-bond donors (Lipinski definition) is 1. The lowest BCUT2D eigenvalue weighted by atomic mass is 10.0. The van der Waals surface area contributed by atoms with E-state index >= 15 is 0 Å². The standard InChI is InChI=1S/C16H21BrN4/c1-12-15(17)16(18)21(19-12)14-8-5-9-20(11-14)10-13-6-3-2-4-7-13/h2-4,6-7,14H,5,8-11,18H2,1H3. The molecule has 0 aliphatic carbocycles. The van der Waals surface area contributed by atoms with Crippen LogP contribution >= 0.6 is 15.9 Å². The fourth-order valence-electron chi connectivity index (χ4n) is 3.04. The van der Waals surface area contributed by atoms with Crippen LogP contribution < -0.4 is 5.73 Å². The van der Waals surface area contributed by atoms with Gasteiger partial charge in [0.2, 0.25) is 0 Å². The van der Waals surface area contributed by atoms with Crippen LogP contribution in [0.1, 0.15) is 30.1 Å². The highest BCUT2D eigenvalue weighted by atomic mass is 79.9. The Bertz CT molecular complexity index is 608. The van der Waals surface area contributed by atoms with Gasteiger partial charge in [-0.1, -0.05) is 30.3 Å². The lowest BCUT2D eigenvalue weighted by Crippen LogP contribution is -2.36. The number of piperidine rings is 1. The van der Waals surface area contributed by atoms with E-state index in [0.717, 1.165) is 42.0 Å². The second kappa shape index (κ2) is 6.20. The molecular weight excluding hydrogens is 328 g/mol. The first-order valence-corrected chi connectivity index (χ1v) is 8.21. The maximum Gasteiger partial charge on any atom is 0.136 e. The molecule has 2 aromatic rings. The molecule has 5 heteroatoms. The minimum atomic E-state index is 0.368. The Morgan fingerprint density at radius 3 is 2.76 bits per heavy atom. The molecule has 1 aliphatic heterocycles. The van der Waals surface area contributed by atoms with E-state index in [9.17, 15) is 0 Å². The number of likely N-dealkylation sites (tertiary alicyclic amines) is 1. The summed E-state index contributed by atoms with van der Waals surface area (Å²) in [5.74, 6) is 0.749. The Balaban J connectivity index is 1.72. The second-order valence-corrected chi connectivity index (χ2v) is 6.54. The molecule has 0 bridgehead atoms. The molecule has 21 heavy (non-hydrogen) atoms. The molecule has 0 radical (unpaired) electrons. The Labute approximate surface area is 134 Å². The minimum Gasteiger partial charge on any atom is -0.383 e. The van der Waals surface area contributed by atoms with Gasteiger partial charge >= 0.3 is 0 Å². The molecule has 1 aromatic heterocycles. The molecular formula is C16H21BrN4. The van der Waals surface area contributed by atoms with Crippen molar-refractivity contribution in [2.24, 2.45) is 0 Å². The monoisotopic (exact) mass is 348 g/mol. The largest absolute Gasteiger partial charge is 0.383 e. The lowest BCUT2D eigenvalue weighted by molar-refractivity contribution is 0.164. The first-order chi connectivity index (χ1) is 10.1. The van der Waals surface area contributed by atoms with E-state index in [-0.39, 0.29) is 0 Å². The van der Waals surface area contributed by atoms with Crippen LogP contribution in [0.15, 0.2) is 34.8 Å². The van der Waals surface area contributed by atoms with Gasteiger partial charge in [-0.15, -0.1) is 0 Å². The highest BCUT2D eigenvalue weighted by molar-refractivity contribution is 9.10. The average Bonchev–Trinajstić information content (AvgIpc) is 2.76. The molecule has 1 aromatic carbocycles. The van der Waals surface area contributed by atoms with Crippen LogP contribution in [0.25, 0.3) is 0 Å². The molecule has 3 rings (SSSR count). The maximum absolute atomic E-state index is 6.17. The molecule has 1 aliphatic rings. The van der Waals surface area contributed by atoms with Gasteiger partial charge in [0.15, 0.2) is 0 Å². The van der Waals surface area contributed by atoms with E-state index in [4.69, 9.17) is 5.73 Å². The lowest BCUT2D eigenvalue weighted by Gasteiger charge is -2.33. The van der Waals surface area contributed by atoms with Crippen LogP contribution in [0.2, 0.25) is 0 Å². The van der Waals surface area contributed by atoms with Crippen LogP contribution in [0.4, 0.5) is 5.82 Å². The predicted molar refractivity (Wildman–Crippen MR) is 89.1 cm³/mol. The molecule has 2 heterocycles. The van der Waals surface area contributed by atoms with Crippen molar-refractivity contribution in [2.45, 2.75) is 32.4 Å². The quantitative estimate of drug-likeness (QED) is 0.924. The molecule has 112 valence electrons. The van der Waals surface area contributed by atoms with E-state index in [1.165, 1.54) is 12.0 Å². The summed E-state index contributed by atoms with van der Waals surface area (Å²) in [5.41, 5.74) is 8.50. The van der Waals surface area contributed by atoms with Crippen molar-refractivity contribution in [3.8, 4) is 0 Å². The van der Waals surface area contributed by atoms with Gasteiger partial charge in [0.1, 0.15) is 5.82 Å². The first-order valence-electron chi connectivity index (χ1n) is 7.41. The van der Waals surface area contributed by atoms with Crippen LogP contribution in [0.3, 0.4) is 0 Å². The predicted octanol–water partition coefficient (Wildman–Crippen LogP) is 3.37. The van der Waals surface area contributed by atoms with Crippen molar-refractivity contribution < 1.29 is 0 Å². The number of benzene rings is 1.